The highest BCUT2D eigenvalue weighted by atomic mass is 16.1. The zero-order chi connectivity index (χ0) is 14.4. The standard InChI is InChI=1S/C14H23N5O/c1-3-15-14(20)12-7-8-13(18-17-12)19(2)10-11-6-4-5-9-16-11/h7-8,11,16H,3-6,9-10H2,1-2H3,(H,15,20). The highest BCUT2D eigenvalue weighted by Crippen LogP contribution is 2.12. The highest BCUT2D eigenvalue weighted by Gasteiger charge is 2.16. The van der Waals surface area contributed by atoms with E-state index in [0.29, 0.717) is 18.3 Å². The minimum atomic E-state index is -0.178. The quantitative estimate of drug-likeness (QED) is 0.833. The van der Waals surface area contributed by atoms with Gasteiger partial charge in [-0.25, -0.2) is 0 Å². The number of aromatic nitrogens is 2. The molecule has 0 aliphatic carbocycles. The molecule has 20 heavy (non-hydrogen) atoms. The zero-order valence-corrected chi connectivity index (χ0v) is 12.2. The molecule has 2 heterocycles. The maximum Gasteiger partial charge on any atom is 0.271 e. The summed E-state index contributed by atoms with van der Waals surface area (Å²) < 4.78 is 0. The molecule has 1 aromatic rings. The van der Waals surface area contributed by atoms with E-state index in [2.05, 4.69) is 25.7 Å². The van der Waals surface area contributed by atoms with Gasteiger partial charge in [-0.2, -0.15) is 0 Å². The number of likely N-dealkylation sites (N-methyl/N-ethyl adjacent to an activating group) is 1. The van der Waals surface area contributed by atoms with Gasteiger partial charge in [0, 0.05) is 26.2 Å². The van der Waals surface area contributed by atoms with E-state index in [1.54, 1.807) is 6.07 Å². The maximum absolute atomic E-state index is 11.6. The fourth-order valence-electron chi connectivity index (χ4n) is 2.40. The van der Waals surface area contributed by atoms with Gasteiger partial charge in [0.25, 0.3) is 5.91 Å². The second kappa shape index (κ2) is 7.19. The molecule has 1 aliphatic rings. The van der Waals surface area contributed by atoms with Crippen molar-refractivity contribution in [3.63, 3.8) is 0 Å². The van der Waals surface area contributed by atoms with Crippen molar-refractivity contribution < 1.29 is 4.79 Å². The van der Waals surface area contributed by atoms with E-state index in [9.17, 15) is 4.79 Å². The molecule has 0 saturated carbocycles. The number of amides is 1. The topological polar surface area (TPSA) is 70.2 Å². The van der Waals surface area contributed by atoms with Crippen LogP contribution in [-0.4, -0.2) is 48.8 Å². The maximum atomic E-state index is 11.6. The van der Waals surface area contributed by atoms with E-state index in [-0.39, 0.29) is 5.91 Å². The average Bonchev–Trinajstić information content (AvgIpc) is 2.48. The minimum absolute atomic E-state index is 0.178. The van der Waals surface area contributed by atoms with Crippen LogP contribution in [0.25, 0.3) is 0 Å². The number of anilines is 1. The van der Waals surface area contributed by atoms with Crippen LogP contribution in [0.2, 0.25) is 0 Å². The molecule has 1 unspecified atom stereocenters. The van der Waals surface area contributed by atoms with Crippen LogP contribution in [0.1, 0.15) is 36.7 Å². The summed E-state index contributed by atoms with van der Waals surface area (Å²) in [6.45, 7) is 4.48. The predicted molar refractivity (Wildman–Crippen MR) is 79.0 cm³/mol. The third kappa shape index (κ3) is 3.90. The van der Waals surface area contributed by atoms with Crippen LogP contribution in [-0.2, 0) is 0 Å². The van der Waals surface area contributed by atoms with Gasteiger partial charge in [-0.1, -0.05) is 6.42 Å². The van der Waals surface area contributed by atoms with Crippen molar-refractivity contribution in [3.05, 3.63) is 17.8 Å². The van der Waals surface area contributed by atoms with Gasteiger partial charge in [0.15, 0.2) is 11.5 Å². The Bertz CT molecular complexity index is 428. The minimum Gasteiger partial charge on any atom is -0.357 e. The molecule has 1 fully saturated rings. The van der Waals surface area contributed by atoms with Gasteiger partial charge < -0.3 is 15.5 Å². The SMILES string of the molecule is CCNC(=O)c1ccc(N(C)CC2CCCCN2)nn1. The molecule has 1 atom stereocenters. The first-order chi connectivity index (χ1) is 9.70. The number of nitrogens with zero attached hydrogens (tertiary/aromatic N) is 3. The molecule has 0 bridgehead atoms. The van der Waals surface area contributed by atoms with E-state index >= 15 is 0 Å². The summed E-state index contributed by atoms with van der Waals surface area (Å²) in [6, 6.07) is 4.08. The number of rotatable bonds is 5. The lowest BCUT2D eigenvalue weighted by molar-refractivity contribution is 0.0950. The van der Waals surface area contributed by atoms with Crippen LogP contribution < -0.4 is 15.5 Å². The fraction of sp³-hybridized carbons (Fsp3) is 0.643. The number of hydrogen-bond donors (Lipinski definition) is 2. The van der Waals surface area contributed by atoms with Crippen molar-refractivity contribution in [2.45, 2.75) is 32.2 Å². The van der Waals surface area contributed by atoms with Crippen LogP contribution in [0.4, 0.5) is 5.82 Å². The summed E-state index contributed by atoms with van der Waals surface area (Å²) in [6.07, 6.45) is 3.75. The Hall–Kier alpha value is -1.69. The predicted octanol–water partition coefficient (Wildman–Crippen LogP) is 0.805. The zero-order valence-electron chi connectivity index (χ0n) is 12.2. The second-order valence-corrected chi connectivity index (χ2v) is 5.16. The van der Waals surface area contributed by atoms with Gasteiger partial charge in [0.05, 0.1) is 0 Å². The first kappa shape index (κ1) is 14.7. The molecular formula is C14H23N5O. The summed E-state index contributed by atoms with van der Waals surface area (Å²) in [5, 5.41) is 14.3. The Morgan fingerprint density at radius 1 is 1.45 bits per heavy atom. The summed E-state index contributed by atoms with van der Waals surface area (Å²) in [7, 11) is 2.01. The van der Waals surface area contributed by atoms with Gasteiger partial charge in [-0.05, 0) is 38.4 Å². The van der Waals surface area contributed by atoms with E-state index in [1.165, 1.54) is 19.3 Å². The van der Waals surface area contributed by atoms with Gasteiger partial charge >= 0.3 is 0 Å². The molecule has 1 saturated heterocycles. The fourth-order valence-corrected chi connectivity index (χ4v) is 2.40. The highest BCUT2D eigenvalue weighted by molar-refractivity contribution is 5.92. The lowest BCUT2D eigenvalue weighted by atomic mass is 10.0. The molecule has 1 aromatic heterocycles. The molecule has 2 rings (SSSR count). The van der Waals surface area contributed by atoms with Crippen LogP contribution in [0.5, 0.6) is 0 Å². The van der Waals surface area contributed by atoms with Crippen LogP contribution in [0.3, 0.4) is 0 Å². The Balaban J connectivity index is 1.92. The van der Waals surface area contributed by atoms with Crippen molar-refractivity contribution in [3.8, 4) is 0 Å². The number of hydrogen-bond acceptors (Lipinski definition) is 5. The molecule has 110 valence electrons. The molecule has 1 amide bonds. The van der Waals surface area contributed by atoms with Crippen molar-refractivity contribution >= 4 is 11.7 Å². The molecule has 0 spiro atoms. The smallest absolute Gasteiger partial charge is 0.271 e. The number of nitrogens with one attached hydrogen (secondary N) is 2. The molecule has 6 heteroatoms. The Morgan fingerprint density at radius 3 is 2.90 bits per heavy atom. The van der Waals surface area contributed by atoms with E-state index in [1.807, 2.05) is 20.0 Å². The first-order valence-electron chi connectivity index (χ1n) is 7.27. The summed E-state index contributed by atoms with van der Waals surface area (Å²) in [5.74, 6) is 0.619. The molecule has 2 N–H and O–H groups in total. The van der Waals surface area contributed by atoms with Crippen LogP contribution >= 0.6 is 0 Å². The first-order valence-corrected chi connectivity index (χ1v) is 7.27. The van der Waals surface area contributed by atoms with Crippen LogP contribution in [0, 0.1) is 0 Å². The second-order valence-electron chi connectivity index (χ2n) is 5.16. The lowest BCUT2D eigenvalue weighted by Gasteiger charge is -2.28. The Kier molecular flexibility index (Phi) is 5.29. The number of carbonyl (C=O) groups is 1. The third-order valence-corrected chi connectivity index (χ3v) is 3.52. The Morgan fingerprint density at radius 2 is 2.30 bits per heavy atom. The van der Waals surface area contributed by atoms with E-state index in [4.69, 9.17) is 0 Å². The summed E-state index contributed by atoms with van der Waals surface area (Å²) >= 11 is 0. The van der Waals surface area contributed by atoms with E-state index < -0.39 is 0 Å². The monoisotopic (exact) mass is 277 g/mol. The molecule has 6 nitrogen and oxygen atoms in total. The average molecular weight is 277 g/mol. The van der Waals surface area contributed by atoms with Crippen molar-refractivity contribution in [1.82, 2.24) is 20.8 Å². The third-order valence-electron chi connectivity index (χ3n) is 3.52. The lowest BCUT2D eigenvalue weighted by Crippen LogP contribution is -2.42. The van der Waals surface area contributed by atoms with Gasteiger partial charge in [0.2, 0.25) is 0 Å². The van der Waals surface area contributed by atoms with Crippen LogP contribution in [0.15, 0.2) is 12.1 Å². The number of piperidine rings is 1. The molecular weight excluding hydrogens is 254 g/mol. The van der Waals surface area contributed by atoms with Crippen molar-refractivity contribution in [1.29, 1.82) is 0 Å². The number of carbonyl (C=O) groups excluding carboxylic acids is 1. The van der Waals surface area contributed by atoms with Crippen molar-refractivity contribution in [2.24, 2.45) is 0 Å². The van der Waals surface area contributed by atoms with Gasteiger partial charge in [-0.15, -0.1) is 10.2 Å². The largest absolute Gasteiger partial charge is 0.357 e. The Labute approximate surface area is 120 Å². The van der Waals surface area contributed by atoms with Crippen molar-refractivity contribution in [2.75, 3.05) is 31.6 Å². The van der Waals surface area contributed by atoms with Gasteiger partial charge in [-0.3, -0.25) is 4.79 Å². The summed E-state index contributed by atoms with van der Waals surface area (Å²) in [4.78, 5) is 13.7. The normalized spacial score (nSPS) is 18.6. The molecule has 0 aromatic carbocycles. The van der Waals surface area contributed by atoms with Gasteiger partial charge in [0.1, 0.15) is 0 Å². The molecule has 1 aliphatic heterocycles. The van der Waals surface area contributed by atoms with E-state index in [0.717, 1.165) is 18.9 Å². The molecule has 0 radical (unpaired) electrons. The summed E-state index contributed by atoms with van der Waals surface area (Å²) in [5.41, 5.74) is 0.361.